The molecule has 0 bridgehead atoms. The summed E-state index contributed by atoms with van der Waals surface area (Å²) >= 11 is 6.84. The van der Waals surface area contributed by atoms with Gasteiger partial charge in [-0.15, -0.1) is 0 Å². The van der Waals surface area contributed by atoms with Crippen LogP contribution >= 0.6 is 11.6 Å². The molecular weight excluding hydrogens is 410 g/mol. The molecule has 1 amide bonds. The number of aromatic nitrogens is 3. The number of anilines is 1. The van der Waals surface area contributed by atoms with Gasteiger partial charge in [-0.2, -0.15) is 0 Å². The van der Waals surface area contributed by atoms with Gasteiger partial charge >= 0.3 is 0 Å². The first-order chi connectivity index (χ1) is 15.2. The van der Waals surface area contributed by atoms with Crippen molar-refractivity contribution in [2.75, 3.05) is 24.5 Å². The molecule has 5 rings (SSSR count). The number of benzene rings is 1. The Morgan fingerprint density at radius 1 is 1.10 bits per heavy atom. The minimum absolute atomic E-state index is 0.0563. The van der Waals surface area contributed by atoms with E-state index < -0.39 is 0 Å². The van der Waals surface area contributed by atoms with Gasteiger partial charge in [-0.05, 0) is 35.7 Å². The standard InChI is InChI=1S/C24H18ClN5O/c25-23-20(16-4-3-6-19(12-16)30-11-10-26-15-21(30)31)14-29-24-22(23)17(13-28-24)7-8-18-5-1-2-9-27-18/h1-6,9,12-14,26H,10-11,15H2,(H,28,29). The van der Waals surface area contributed by atoms with Crippen molar-refractivity contribution in [3.8, 4) is 23.0 Å². The van der Waals surface area contributed by atoms with Crippen LogP contribution in [-0.2, 0) is 4.79 Å². The fourth-order valence-corrected chi connectivity index (χ4v) is 3.99. The molecule has 0 spiro atoms. The van der Waals surface area contributed by atoms with Gasteiger partial charge in [-0.25, -0.2) is 9.97 Å². The molecule has 1 fully saturated rings. The minimum atomic E-state index is 0.0563. The Hall–Kier alpha value is -3.66. The van der Waals surface area contributed by atoms with Gasteiger partial charge in [-0.1, -0.05) is 35.7 Å². The zero-order chi connectivity index (χ0) is 21.2. The van der Waals surface area contributed by atoms with E-state index in [0.717, 1.165) is 34.3 Å². The second-order valence-electron chi connectivity index (χ2n) is 7.15. The third kappa shape index (κ3) is 3.77. The average Bonchev–Trinajstić information content (AvgIpc) is 3.23. The highest BCUT2D eigenvalue weighted by molar-refractivity contribution is 6.38. The van der Waals surface area contributed by atoms with Crippen LogP contribution in [0, 0.1) is 11.8 Å². The molecule has 0 saturated carbocycles. The van der Waals surface area contributed by atoms with Gasteiger partial charge in [-0.3, -0.25) is 4.79 Å². The zero-order valence-electron chi connectivity index (χ0n) is 16.5. The summed E-state index contributed by atoms with van der Waals surface area (Å²) in [5.41, 5.74) is 4.66. The van der Waals surface area contributed by atoms with Gasteiger partial charge in [0.25, 0.3) is 0 Å². The summed E-state index contributed by atoms with van der Waals surface area (Å²) < 4.78 is 0. The van der Waals surface area contributed by atoms with Gasteiger partial charge in [0, 0.05) is 42.9 Å². The lowest BCUT2D eigenvalue weighted by atomic mass is 10.0. The SMILES string of the molecule is O=C1CNCCN1c1cccc(-c2cnc3[nH]cc(C#Cc4ccccn4)c3c2Cl)c1. The van der Waals surface area contributed by atoms with Crippen LogP contribution in [0.2, 0.25) is 5.02 Å². The Balaban J connectivity index is 1.56. The van der Waals surface area contributed by atoms with Crippen molar-refractivity contribution in [3.05, 3.63) is 77.3 Å². The maximum atomic E-state index is 12.3. The summed E-state index contributed by atoms with van der Waals surface area (Å²) in [6.07, 6.45) is 5.26. The van der Waals surface area contributed by atoms with Gasteiger partial charge in [0.15, 0.2) is 0 Å². The van der Waals surface area contributed by atoms with Gasteiger partial charge in [0.1, 0.15) is 11.3 Å². The van der Waals surface area contributed by atoms with Crippen LogP contribution in [0.3, 0.4) is 0 Å². The maximum absolute atomic E-state index is 12.3. The van der Waals surface area contributed by atoms with Crippen molar-refractivity contribution < 1.29 is 4.79 Å². The van der Waals surface area contributed by atoms with Crippen molar-refractivity contribution in [1.82, 2.24) is 20.3 Å². The minimum Gasteiger partial charge on any atom is -0.345 e. The van der Waals surface area contributed by atoms with Gasteiger partial charge in [0.2, 0.25) is 5.91 Å². The molecule has 1 aromatic carbocycles. The van der Waals surface area contributed by atoms with Crippen molar-refractivity contribution in [3.63, 3.8) is 0 Å². The second-order valence-corrected chi connectivity index (χ2v) is 7.53. The van der Waals surface area contributed by atoms with E-state index in [9.17, 15) is 4.79 Å². The van der Waals surface area contributed by atoms with Crippen LogP contribution in [0.5, 0.6) is 0 Å². The van der Waals surface area contributed by atoms with E-state index in [1.54, 1.807) is 23.5 Å². The van der Waals surface area contributed by atoms with Crippen LogP contribution in [0.1, 0.15) is 11.3 Å². The molecule has 1 saturated heterocycles. The highest BCUT2D eigenvalue weighted by Crippen LogP contribution is 2.36. The molecule has 0 radical (unpaired) electrons. The summed E-state index contributed by atoms with van der Waals surface area (Å²) in [5, 5.41) is 4.43. The average molecular weight is 428 g/mol. The molecule has 0 aliphatic carbocycles. The van der Waals surface area contributed by atoms with Crippen molar-refractivity contribution >= 4 is 34.2 Å². The molecule has 4 aromatic rings. The number of hydrogen-bond donors (Lipinski definition) is 2. The van der Waals surface area contributed by atoms with Crippen LogP contribution < -0.4 is 10.2 Å². The van der Waals surface area contributed by atoms with Gasteiger partial charge in [0.05, 0.1) is 22.5 Å². The number of aromatic amines is 1. The molecule has 3 aromatic heterocycles. The van der Waals surface area contributed by atoms with Crippen LogP contribution in [0.15, 0.2) is 61.1 Å². The molecule has 2 N–H and O–H groups in total. The topological polar surface area (TPSA) is 73.9 Å². The number of nitrogens with zero attached hydrogens (tertiary/aromatic N) is 3. The fourth-order valence-electron chi connectivity index (χ4n) is 3.65. The number of carbonyl (C=O) groups excluding carboxylic acids is 1. The number of amides is 1. The third-order valence-electron chi connectivity index (χ3n) is 5.19. The summed E-state index contributed by atoms with van der Waals surface area (Å²) in [6, 6.07) is 13.4. The van der Waals surface area contributed by atoms with E-state index in [4.69, 9.17) is 11.6 Å². The molecule has 6 nitrogen and oxygen atoms in total. The van der Waals surface area contributed by atoms with E-state index in [2.05, 4.69) is 32.1 Å². The lowest BCUT2D eigenvalue weighted by molar-refractivity contribution is -0.118. The number of H-pyrrole nitrogens is 1. The van der Waals surface area contributed by atoms with Gasteiger partial charge < -0.3 is 15.2 Å². The molecule has 4 heterocycles. The summed E-state index contributed by atoms with van der Waals surface area (Å²) in [6.45, 7) is 1.75. The zero-order valence-corrected chi connectivity index (χ0v) is 17.3. The fraction of sp³-hybridized carbons (Fsp3) is 0.125. The Morgan fingerprint density at radius 2 is 2.03 bits per heavy atom. The van der Waals surface area contributed by atoms with E-state index in [1.807, 2.05) is 42.5 Å². The molecule has 1 aliphatic rings. The molecule has 0 atom stereocenters. The van der Waals surface area contributed by atoms with E-state index in [-0.39, 0.29) is 5.91 Å². The smallest absolute Gasteiger partial charge is 0.240 e. The summed E-state index contributed by atoms with van der Waals surface area (Å²) in [5.74, 6) is 6.27. The lowest BCUT2D eigenvalue weighted by Gasteiger charge is -2.27. The number of fused-ring (bicyclic) bond motifs is 1. The molecule has 31 heavy (non-hydrogen) atoms. The predicted molar refractivity (Wildman–Crippen MR) is 122 cm³/mol. The lowest BCUT2D eigenvalue weighted by Crippen LogP contribution is -2.48. The maximum Gasteiger partial charge on any atom is 0.240 e. The molecule has 1 aliphatic heterocycles. The van der Waals surface area contributed by atoms with Crippen LogP contribution in [0.4, 0.5) is 5.69 Å². The number of nitrogens with one attached hydrogen (secondary N) is 2. The Labute approximate surface area is 184 Å². The molecule has 0 unspecified atom stereocenters. The van der Waals surface area contributed by atoms with Crippen molar-refractivity contribution in [2.45, 2.75) is 0 Å². The Morgan fingerprint density at radius 3 is 2.87 bits per heavy atom. The number of piperazine rings is 1. The number of halogens is 1. The number of hydrogen-bond acceptors (Lipinski definition) is 4. The molecular formula is C24H18ClN5O. The Kier molecular flexibility index (Phi) is 5.13. The first-order valence-electron chi connectivity index (χ1n) is 9.91. The number of rotatable bonds is 2. The first kappa shape index (κ1) is 19.3. The number of pyridine rings is 2. The van der Waals surface area contributed by atoms with Crippen molar-refractivity contribution in [1.29, 1.82) is 0 Å². The highest BCUT2D eigenvalue weighted by atomic mass is 35.5. The van der Waals surface area contributed by atoms with Crippen LogP contribution in [0.25, 0.3) is 22.2 Å². The highest BCUT2D eigenvalue weighted by Gasteiger charge is 2.20. The summed E-state index contributed by atoms with van der Waals surface area (Å²) in [4.78, 5) is 26.0. The monoisotopic (exact) mass is 427 g/mol. The second kappa shape index (κ2) is 8.23. The molecule has 152 valence electrons. The number of carbonyl (C=O) groups is 1. The third-order valence-corrected chi connectivity index (χ3v) is 5.58. The van der Waals surface area contributed by atoms with Crippen molar-refractivity contribution in [2.24, 2.45) is 0 Å². The summed E-state index contributed by atoms with van der Waals surface area (Å²) in [7, 11) is 0. The van der Waals surface area contributed by atoms with Crippen LogP contribution in [-0.4, -0.2) is 40.5 Å². The van der Waals surface area contributed by atoms with E-state index in [1.165, 1.54) is 0 Å². The quantitative estimate of drug-likeness (QED) is 0.479. The first-order valence-corrected chi connectivity index (χ1v) is 10.3. The largest absolute Gasteiger partial charge is 0.345 e. The molecule has 7 heteroatoms. The van der Waals surface area contributed by atoms with E-state index >= 15 is 0 Å². The normalized spacial score (nSPS) is 13.8. The predicted octanol–water partition coefficient (Wildman–Crippen LogP) is 3.61. The van der Waals surface area contributed by atoms with E-state index in [0.29, 0.717) is 29.5 Å². The Bertz CT molecular complexity index is 1340.